The normalized spacial score (nSPS) is 17.5. The topological polar surface area (TPSA) is 26.0 Å². The molecular formula is C18H17N. The molecule has 0 heterocycles. The molecule has 2 N–H and O–H groups in total. The van der Waals surface area contributed by atoms with Gasteiger partial charge in [-0.05, 0) is 52.9 Å². The van der Waals surface area contributed by atoms with Crippen LogP contribution >= 0.6 is 0 Å². The van der Waals surface area contributed by atoms with Gasteiger partial charge in [0.05, 0.1) is 0 Å². The molecule has 3 aromatic rings. The lowest BCUT2D eigenvalue weighted by atomic mass is 9.82. The first-order chi connectivity index (χ1) is 9.13. The molecule has 1 unspecified atom stereocenters. The van der Waals surface area contributed by atoms with Gasteiger partial charge >= 0.3 is 0 Å². The minimum absolute atomic E-state index is 0.127. The second-order valence-corrected chi connectivity index (χ2v) is 5.85. The molecule has 1 aliphatic rings. The first kappa shape index (κ1) is 11.0. The summed E-state index contributed by atoms with van der Waals surface area (Å²) < 4.78 is 0. The predicted octanol–water partition coefficient (Wildman–Crippen LogP) is 4.17. The van der Waals surface area contributed by atoms with Crippen LogP contribution in [0.5, 0.6) is 0 Å². The van der Waals surface area contributed by atoms with Crippen LogP contribution in [0.15, 0.2) is 36.4 Å². The molecule has 1 nitrogen and oxygen atoms in total. The van der Waals surface area contributed by atoms with Gasteiger partial charge < -0.3 is 5.73 Å². The van der Waals surface area contributed by atoms with Crippen LogP contribution in [0.2, 0.25) is 0 Å². The van der Waals surface area contributed by atoms with Crippen LogP contribution in [0.4, 0.5) is 0 Å². The van der Waals surface area contributed by atoms with E-state index >= 15 is 0 Å². The van der Waals surface area contributed by atoms with Crippen LogP contribution in [0.1, 0.15) is 28.3 Å². The number of rotatable bonds is 0. The summed E-state index contributed by atoms with van der Waals surface area (Å²) in [5.74, 6) is 0. The Morgan fingerprint density at radius 2 is 1.53 bits per heavy atom. The van der Waals surface area contributed by atoms with E-state index in [-0.39, 0.29) is 6.04 Å². The smallest absolute Gasteiger partial charge is 0.0342 e. The Labute approximate surface area is 113 Å². The molecule has 4 rings (SSSR count). The number of aryl methyl sites for hydroxylation is 2. The first-order valence-corrected chi connectivity index (χ1v) is 6.85. The highest BCUT2D eigenvalue weighted by Gasteiger charge is 2.21. The van der Waals surface area contributed by atoms with Gasteiger partial charge in [-0.2, -0.15) is 0 Å². The Kier molecular flexibility index (Phi) is 2.07. The Hall–Kier alpha value is -1.86. The Balaban J connectivity index is 2.32. The van der Waals surface area contributed by atoms with E-state index in [1.807, 2.05) is 0 Å². The van der Waals surface area contributed by atoms with Crippen LogP contribution in [0.3, 0.4) is 0 Å². The largest absolute Gasteiger partial charge is 0.324 e. The number of benzene rings is 3. The van der Waals surface area contributed by atoms with Crippen molar-refractivity contribution in [1.82, 2.24) is 0 Å². The highest BCUT2D eigenvalue weighted by Crippen LogP contribution is 2.39. The third-order valence-electron chi connectivity index (χ3n) is 4.27. The van der Waals surface area contributed by atoms with Crippen LogP contribution in [-0.2, 0) is 6.42 Å². The van der Waals surface area contributed by atoms with E-state index < -0.39 is 0 Å². The van der Waals surface area contributed by atoms with Crippen molar-refractivity contribution in [2.75, 3.05) is 0 Å². The lowest BCUT2D eigenvalue weighted by molar-refractivity contribution is 0.725. The quantitative estimate of drug-likeness (QED) is 0.593. The zero-order valence-electron chi connectivity index (χ0n) is 11.3. The maximum Gasteiger partial charge on any atom is 0.0342 e. The summed E-state index contributed by atoms with van der Waals surface area (Å²) in [5.41, 5.74) is 11.7. The van der Waals surface area contributed by atoms with E-state index in [0.717, 1.165) is 6.42 Å². The monoisotopic (exact) mass is 247 g/mol. The maximum absolute atomic E-state index is 6.40. The summed E-state index contributed by atoms with van der Waals surface area (Å²) >= 11 is 0. The molecule has 0 saturated carbocycles. The van der Waals surface area contributed by atoms with Crippen molar-refractivity contribution in [3.05, 3.63) is 58.7 Å². The zero-order chi connectivity index (χ0) is 13.1. The molecule has 0 bridgehead atoms. The third-order valence-corrected chi connectivity index (χ3v) is 4.27. The van der Waals surface area contributed by atoms with E-state index in [0.29, 0.717) is 0 Å². The van der Waals surface area contributed by atoms with E-state index in [1.54, 1.807) is 0 Å². The maximum atomic E-state index is 6.40. The van der Waals surface area contributed by atoms with Gasteiger partial charge in [0, 0.05) is 6.04 Å². The van der Waals surface area contributed by atoms with Crippen molar-refractivity contribution < 1.29 is 0 Å². The van der Waals surface area contributed by atoms with Crippen LogP contribution < -0.4 is 5.73 Å². The Bertz CT molecular complexity index is 830. The van der Waals surface area contributed by atoms with Crippen LogP contribution in [0, 0.1) is 13.8 Å². The molecule has 94 valence electrons. The van der Waals surface area contributed by atoms with Crippen molar-refractivity contribution in [1.29, 1.82) is 0 Å². The Morgan fingerprint density at radius 1 is 0.895 bits per heavy atom. The molecule has 0 amide bonds. The average molecular weight is 247 g/mol. The molecule has 0 saturated heterocycles. The molecular weight excluding hydrogens is 230 g/mol. The lowest BCUT2D eigenvalue weighted by Gasteiger charge is -2.24. The summed E-state index contributed by atoms with van der Waals surface area (Å²) in [5, 5.41) is 5.46. The highest BCUT2D eigenvalue weighted by molar-refractivity contribution is 6.12. The minimum atomic E-state index is 0.127. The molecule has 1 atom stereocenters. The summed E-state index contributed by atoms with van der Waals surface area (Å²) in [6, 6.07) is 13.7. The minimum Gasteiger partial charge on any atom is -0.324 e. The number of hydrogen-bond donors (Lipinski definition) is 1. The van der Waals surface area contributed by atoms with Gasteiger partial charge in [0.1, 0.15) is 0 Å². The molecule has 0 fully saturated rings. The van der Waals surface area contributed by atoms with Gasteiger partial charge in [0.25, 0.3) is 0 Å². The van der Waals surface area contributed by atoms with E-state index in [2.05, 4.69) is 50.2 Å². The number of nitrogens with two attached hydrogens (primary N) is 1. The molecule has 0 radical (unpaired) electrons. The predicted molar refractivity (Wildman–Crippen MR) is 81.6 cm³/mol. The van der Waals surface area contributed by atoms with Crippen LogP contribution in [0.25, 0.3) is 21.5 Å². The summed E-state index contributed by atoms with van der Waals surface area (Å²) in [6.07, 6.45) is 0.952. The third kappa shape index (κ3) is 1.45. The van der Waals surface area contributed by atoms with Crippen molar-refractivity contribution in [3.8, 4) is 0 Å². The summed E-state index contributed by atoms with van der Waals surface area (Å²) in [7, 11) is 0. The molecule has 0 aromatic heterocycles. The fourth-order valence-electron chi connectivity index (χ4n) is 3.57. The van der Waals surface area contributed by atoms with Crippen molar-refractivity contribution >= 4 is 21.5 Å². The van der Waals surface area contributed by atoms with Gasteiger partial charge in [-0.1, -0.05) is 47.5 Å². The van der Waals surface area contributed by atoms with Crippen molar-refractivity contribution in [3.63, 3.8) is 0 Å². The second kappa shape index (κ2) is 3.58. The molecule has 1 heteroatoms. The van der Waals surface area contributed by atoms with Gasteiger partial charge in [0.15, 0.2) is 0 Å². The molecule has 0 aliphatic heterocycles. The summed E-state index contributed by atoms with van der Waals surface area (Å²) in [4.78, 5) is 0. The fraction of sp³-hybridized carbons (Fsp3) is 0.222. The van der Waals surface area contributed by atoms with E-state index in [4.69, 9.17) is 5.73 Å². The van der Waals surface area contributed by atoms with E-state index in [9.17, 15) is 0 Å². The van der Waals surface area contributed by atoms with Gasteiger partial charge in [0.2, 0.25) is 0 Å². The molecule has 0 spiro atoms. The molecule has 3 aromatic carbocycles. The molecule has 19 heavy (non-hydrogen) atoms. The van der Waals surface area contributed by atoms with Crippen molar-refractivity contribution in [2.45, 2.75) is 26.3 Å². The SMILES string of the molecule is Cc1cc2c3c(ccc4cc(C)cc(c43)C(N)C2)c1. The van der Waals surface area contributed by atoms with Gasteiger partial charge in [-0.15, -0.1) is 0 Å². The number of hydrogen-bond acceptors (Lipinski definition) is 1. The van der Waals surface area contributed by atoms with Gasteiger partial charge in [-0.3, -0.25) is 0 Å². The average Bonchev–Trinajstić information content (AvgIpc) is 2.36. The fourth-order valence-corrected chi connectivity index (χ4v) is 3.57. The Morgan fingerprint density at radius 3 is 2.26 bits per heavy atom. The zero-order valence-corrected chi connectivity index (χ0v) is 11.3. The molecule has 1 aliphatic carbocycles. The first-order valence-electron chi connectivity index (χ1n) is 6.85. The highest BCUT2D eigenvalue weighted by atomic mass is 14.6. The standard InChI is InChI=1S/C18H17N/c1-10-5-12-3-4-13-6-11(2)8-15-16(19)9-14(7-10)17(12)18(13)15/h3-8,16H,9,19H2,1-2H3. The second-order valence-electron chi connectivity index (χ2n) is 5.85. The summed E-state index contributed by atoms with van der Waals surface area (Å²) in [6.45, 7) is 4.31. The lowest BCUT2D eigenvalue weighted by Crippen LogP contribution is -2.17. The van der Waals surface area contributed by atoms with E-state index in [1.165, 1.54) is 43.8 Å². The van der Waals surface area contributed by atoms with Crippen molar-refractivity contribution in [2.24, 2.45) is 5.73 Å². The van der Waals surface area contributed by atoms with Gasteiger partial charge in [-0.25, -0.2) is 0 Å². The van der Waals surface area contributed by atoms with Crippen LogP contribution in [-0.4, -0.2) is 0 Å².